The molecule has 0 saturated heterocycles. The van der Waals surface area contributed by atoms with Crippen LogP contribution in [-0.4, -0.2) is 0 Å². The van der Waals surface area contributed by atoms with Gasteiger partial charge in [0.2, 0.25) is 0 Å². The van der Waals surface area contributed by atoms with Gasteiger partial charge in [0, 0.05) is 0 Å². The second-order valence-corrected chi connectivity index (χ2v) is 9.08. The number of rotatable bonds is 12. The fraction of sp³-hybridized carbons (Fsp3) is 1.00. The zero-order valence-electron chi connectivity index (χ0n) is 16.9. The highest BCUT2D eigenvalue weighted by Gasteiger charge is 2.30. The SMILES string of the molecule is CCCCCCCCCCCC(C1CCCCC1)C1CCCCC1. The van der Waals surface area contributed by atoms with Crippen LogP contribution in [0.3, 0.4) is 0 Å². The Kier molecular flexibility index (Phi) is 11.2. The Hall–Kier alpha value is 0. The lowest BCUT2D eigenvalue weighted by molar-refractivity contribution is 0.131. The zero-order valence-corrected chi connectivity index (χ0v) is 16.9. The van der Waals surface area contributed by atoms with Crippen molar-refractivity contribution in [3.05, 3.63) is 0 Å². The van der Waals surface area contributed by atoms with Crippen LogP contribution in [0.5, 0.6) is 0 Å². The molecule has 2 rings (SSSR count). The van der Waals surface area contributed by atoms with Gasteiger partial charge in [-0.25, -0.2) is 0 Å². The third-order valence-corrected chi connectivity index (χ3v) is 7.15. The Morgan fingerprint density at radius 1 is 0.542 bits per heavy atom. The van der Waals surface area contributed by atoms with Gasteiger partial charge in [-0.2, -0.15) is 0 Å². The van der Waals surface area contributed by atoms with Gasteiger partial charge in [0.15, 0.2) is 0 Å². The summed E-state index contributed by atoms with van der Waals surface area (Å²) in [6, 6.07) is 0. The van der Waals surface area contributed by atoms with Crippen molar-refractivity contribution in [3.8, 4) is 0 Å². The van der Waals surface area contributed by atoms with Crippen molar-refractivity contribution >= 4 is 0 Å². The van der Waals surface area contributed by atoms with Gasteiger partial charge in [-0.1, -0.05) is 129 Å². The molecule has 0 nitrogen and oxygen atoms in total. The van der Waals surface area contributed by atoms with E-state index in [2.05, 4.69) is 6.92 Å². The van der Waals surface area contributed by atoms with Gasteiger partial charge in [-0.15, -0.1) is 0 Å². The monoisotopic (exact) mass is 334 g/mol. The van der Waals surface area contributed by atoms with Crippen LogP contribution in [0, 0.1) is 17.8 Å². The molecule has 0 aliphatic heterocycles. The van der Waals surface area contributed by atoms with Crippen molar-refractivity contribution in [2.24, 2.45) is 17.8 Å². The Morgan fingerprint density at radius 3 is 1.42 bits per heavy atom. The average Bonchev–Trinajstić information content (AvgIpc) is 2.65. The molecule has 0 bridgehead atoms. The molecule has 0 atom stereocenters. The number of hydrogen-bond donors (Lipinski definition) is 0. The summed E-state index contributed by atoms with van der Waals surface area (Å²) in [5.74, 6) is 3.32. The summed E-state index contributed by atoms with van der Waals surface area (Å²) >= 11 is 0. The summed E-state index contributed by atoms with van der Waals surface area (Å²) in [4.78, 5) is 0. The molecular formula is C24H46. The van der Waals surface area contributed by atoms with Crippen LogP contribution in [-0.2, 0) is 0 Å². The first-order valence-corrected chi connectivity index (χ1v) is 11.9. The van der Waals surface area contributed by atoms with Gasteiger partial charge in [0.25, 0.3) is 0 Å². The largest absolute Gasteiger partial charge is 0.0654 e. The number of unbranched alkanes of at least 4 members (excludes halogenated alkanes) is 8. The fourth-order valence-electron chi connectivity index (χ4n) is 5.67. The second kappa shape index (κ2) is 13.2. The molecule has 0 aromatic heterocycles. The maximum atomic E-state index is 2.31. The van der Waals surface area contributed by atoms with E-state index < -0.39 is 0 Å². The third-order valence-electron chi connectivity index (χ3n) is 7.15. The smallest absolute Gasteiger partial charge is 0.0357 e. The third kappa shape index (κ3) is 7.92. The van der Waals surface area contributed by atoms with Crippen LogP contribution in [0.2, 0.25) is 0 Å². The summed E-state index contributed by atoms with van der Waals surface area (Å²) in [5, 5.41) is 0. The molecule has 2 saturated carbocycles. The molecule has 2 aliphatic rings. The van der Waals surface area contributed by atoms with E-state index in [1.54, 1.807) is 32.1 Å². The van der Waals surface area contributed by atoms with E-state index in [-0.39, 0.29) is 0 Å². The van der Waals surface area contributed by atoms with Crippen molar-refractivity contribution in [2.75, 3.05) is 0 Å². The van der Waals surface area contributed by atoms with Crippen LogP contribution in [0.4, 0.5) is 0 Å². The summed E-state index contributed by atoms with van der Waals surface area (Å²) in [6.45, 7) is 2.31. The standard InChI is InChI=1S/C24H46/c1-2-3-4-5-6-7-8-9-16-21-24(22-17-12-10-13-18-22)23-19-14-11-15-20-23/h22-24H,2-21H2,1H3. The van der Waals surface area contributed by atoms with Crippen LogP contribution in [0.15, 0.2) is 0 Å². The first kappa shape index (κ1) is 20.3. The number of hydrogen-bond acceptors (Lipinski definition) is 0. The summed E-state index contributed by atoms with van der Waals surface area (Å²) in [6.07, 6.45) is 30.4. The molecule has 0 aromatic rings. The summed E-state index contributed by atoms with van der Waals surface area (Å²) < 4.78 is 0. The first-order valence-electron chi connectivity index (χ1n) is 11.9. The molecular weight excluding hydrogens is 288 g/mol. The molecule has 0 N–H and O–H groups in total. The lowest BCUT2D eigenvalue weighted by Crippen LogP contribution is -2.27. The Morgan fingerprint density at radius 2 is 0.958 bits per heavy atom. The van der Waals surface area contributed by atoms with E-state index in [4.69, 9.17) is 0 Å². The maximum Gasteiger partial charge on any atom is -0.0357 e. The minimum Gasteiger partial charge on any atom is -0.0654 e. The topological polar surface area (TPSA) is 0 Å². The maximum absolute atomic E-state index is 2.31. The lowest BCUT2D eigenvalue weighted by Gasteiger charge is -2.38. The van der Waals surface area contributed by atoms with Gasteiger partial charge in [0.05, 0.1) is 0 Å². The van der Waals surface area contributed by atoms with E-state index in [1.165, 1.54) is 96.3 Å². The van der Waals surface area contributed by atoms with Crippen LogP contribution in [0.25, 0.3) is 0 Å². The quantitative estimate of drug-likeness (QED) is 0.313. The van der Waals surface area contributed by atoms with E-state index in [1.807, 2.05) is 0 Å². The van der Waals surface area contributed by atoms with E-state index in [0.717, 1.165) is 17.8 Å². The fourth-order valence-corrected chi connectivity index (χ4v) is 5.67. The summed E-state index contributed by atoms with van der Waals surface area (Å²) in [7, 11) is 0. The van der Waals surface area contributed by atoms with Gasteiger partial charge in [-0.05, 0) is 24.2 Å². The van der Waals surface area contributed by atoms with Gasteiger partial charge < -0.3 is 0 Å². The van der Waals surface area contributed by atoms with Crippen LogP contribution >= 0.6 is 0 Å². The summed E-state index contributed by atoms with van der Waals surface area (Å²) in [5.41, 5.74) is 0. The molecule has 0 aromatic carbocycles. The van der Waals surface area contributed by atoms with Crippen molar-refractivity contribution in [1.82, 2.24) is 0 Å². The van der Waals surface area contributed by atoms with Crippen molar-refractivity contribution in [1.29, 1.82) is 0 Å². The minimum atomic E-state index is 1.11. The van der Waals surface area contributed by atoms with Crippen molar-refractivity contribution in [2.45, 2.75) is 135 Å². The predicted molar refractivity (Wildman–Crippen MR) is 108 cm³/mol. The van der Waals surface area contributed by atoms with Crippen molar-refractivity contribution < 1.29 is 0 Å². The normalized spacial score (nSPS) is 20.8. The lowest BCUT2D eigenvalue weighted by atomic mass is 9.68. The zero-order chi connectivity index (χ0) is 16.9. The molecule has 2 aliphatic carbocycles. The van der Waals surface area contributed by atoms with E-state index >= 15 is 0 Å². The highest BCUT2D eigenvalue weighted by atomic mass is 14.4. The van der Waals surface area contributed by atoms with Gasteiger partial charge in [-0.3, -0.25) is 0 Å². The van der Waals surface area contributed by atoms with Crippen LogP contribution in [0.1, 0.15) is 135 Å². The minimum absolute atomic E-state index is 1.11. The van der Waals surface area contributed by atoms with Crippen LogP contribution < -0.4 is 0 Å². The van der Waals surface area contributed by atoms with Gasteiger partial charge in [0.1, 0.15) is 0 Å². The molecule has 142 valence electrons. The Balaban J connectivity index is 1.61. The molecule has 0 heteroatoms. The molecule has 24 heavy (non-hydrogen) atoms. The molecule has 0 radical (unpaired) electrons. The van der Waals surface area contributed by atoms with Crippen molar-refractivity contribution in [3.63, 3.8) is 0 Å². The Bertz CT molecular complexity index is 252. The predicted octanol–water partition coefficient (Wildman–Crippen LogP) is 8.68. The highest BCUT2D eigenvalue weighted by molar-refractivity contribution is 4.81. The first-order chi connectivity index (χ1) is 11.9. The second-order valence-electron chi connectivity index (χ2n) is 9.08. The average molecular weight is 335 g/mol. The molecule has 0 heterocycles. The molecule has 0 spiro atoms. The van der Waals surface area contributed by atoms with E-state index in [9.17, 15) is 0 Å². The molecule has 2 fully saturated rings. The van der Waals surface area contributed by atoms with E-state index in [0.29, 0.717) is 0 Å². The highest BCUT2D eigenvalue weighted by Crippen LogP contribution is 2.42. The Labute approximate surface area is 153 Å². The molecule has 0 unspecified atom stereocenters. The molecule has 0 amide bonds. The van der Waals surface area contributed by atoms with Gasteiger partial charge >= 0.3 is 0 Å².